The SMILES string of the molecule is CCOC(=O)CN(C)C(=O)c1n[nH]c(C(C)C)c1N. The highest BCUT2D eigenvalue weighted by atomic mass is 16.5. The first-order valence-electron chi connectivity index (χ1n) is 6.13. The molecule has 0 fully saturated rings. The molecule has 7 nitrogen and oxygen atoms in total. The molecule has 0 radical (unpaired) electrons. The van der Waals surface area contributed by atoms with Crippen LogP contribution in [0.1, 0.15) is 42.9 Å². The van der Waals surface area contributed by atoms with Crippen molar-refractivity contribution in [1.29, 1.82) is 0 Å². The van der Waals surface area contributed by atoms with Crippen LogP contribution in [0.2, 0.25) is 0 Å². The van der Waals surface area contributed by atoms with E-state index in [2.05, 4.69) is 10.2 Å². The van der Waals surface area contributed by atoms with Crippen LogP contribution in [0.4, 0.5) is 5.69 Å². The maximum atomic E-state index is 12.1. The summed E-state index contributed by atoms with van der Waals surface area (Å²) in [4.78, 5) is 24.6. The zero-order chi connectivity index (χ0) is 14.6. The second-order valence-corrected chi connectivity index (χ2v) is 4.52. The Balaban J connectivity index is 2.80. The molecular formula is C12H20N4O3. The van der Waals surface area contributed by atoms with Crippen LogP contribution in [-0.4, -0.2) is 47.2 Å². The monoisotopic (exact) mass is 268 g/mol. The number of anilines is 1. The molecule has 0 spiro atoms. The highest BCUT2D eigenvalue weighted by Gasteiger charge is 2.23. The molecule has 1 rings (SSSR count). The van der Waals surface area contributed by atoms with Crippen molar-refractivity contribution in [2.75, 3.05) is 25.9 Å². The Bertz CT molecular complexity index is 468. The summed E-state index contributed by atoms with van der Waals surface area (Å²) >= 11 is 0. The van der Waals surface area contributed by atoms with Gasteiger partial charge in [0, 0.05) is 7.05 Å². The van der Waals surface area contributed by atoms with E-state index in [0.29, 0.717) is 11.4 Å². The minimum Gasteiger partial charge on any atom is -0.465 e. The first kappa shape index (κ1) is 15.0. The summed E-state index contributed by atoms with van der Waals surface area (Å²) in [5, 5.41) is 6.67. The number of carbonyl (C=O) groups is 2. The number of aromatic amines is 1. The van der Waals surface area contributed by atoms with Crippen molar-refractivity contribution < 1.29 is 14.3 Å². The Labute approximate surface area is 112 Å². The molecule has 0 saturated carbocycles. The largest absolute Gasteiger partial charge is 0.465 e. The summed E-state index contributed by atoms with van der Waals surface area (Å²) in [7, 11) is 1.50. The van der Waals surface area contributed by atoms with Crippen molar-refractivity contribution in [3.05, 3.63) is 11.4 Å². The van der Waals surface area contributed by atoms with Gasteiger partial charge in [-0.05, 0) is 12.8 Å². The zero-order valence-electron chi connectivity index (χ0n) is 11.7. The van der Waals surface area contributed by atoms with E-state index in [4.69, 9.17) is 10.5 Å². The first-order valence-corrected chi connectivity index (χ1v) is 6.13. The number of esters is 1. The number of likely N-dealkylation sites (N-methyl/N-ethyl adjacent to an activating group) is 1. The van der Waals surface area contributed by atoms with Crippen molar-refractivity contribution >= 4 is 17.6 Å². The molecule has 0 saturated heterocycles. The van der Waals surface area contributed by atoms with Crippen molar-refractivity contribution in [1.82, 2.24) is 15.1 Å². The average molecular weight is 268 g/mol. The van der Waals surface area contributed by atoms with Gasteiger partial charge in [-0.3, -0.25) is 14.7 Å². The van der Waals surface area contributed by atoms with E-state index in [1.807, 2.05) is 13.8 Å². The fourth-order valence-electron chi connectivity index (χ4n) is 1.62. The van der Waals surface area contributed by atoms with Crippen molar-refractivity contribution in [2.45, 2.75) is 26.7 Å². The highest BCUT2D eigenvalue weighted by molar-refractivity contribution is 5.98. The molecule has 0 bridgehead atoms. The molecular weight excluding hydrogens is 248 g/mol. The Kier molecular flexibility index (Phi) is 4.91. The summed E-state index contributed by atoms with van der Waals surface area (Å²) < 4.78 is 4.78. The Morgan fingerprint density at radius 3 is 2.58 bits per heavy atom. The maximum Gasteiger partial charge on any atom is 0.325 e. The van der Waals surface area contributed by atoms with E-state index < -0.39 is 11.9 Å². The Hall–Kier alpha value is -2.05. The van der Waals surface area contributed by atoms with E-state index in [1.165, 1.54) is 11.9 Å². The molecule has 0 unspecified atom stereocenters. The van der Waals surface area contributed by atoms with E-state index in [-0.39, 0.29) is 24.8 Å². The van der Waals surface area contributed by atoms with Crippen LogP contribution in [0.5, 0.6) is 0 Å². The van der Waals surface area contributed by atoms with Gasteiger partial charge in [-0.2, -0.15) is 5.10 Å². The number of nitrogens with two attached hydrogens (primary N) is 1. The van der Waals surface area contributed by atoms with Crippen LogP contribution in [0.25, 0.3) is 0 Å². The number of hydrogen-bond donors (Lipinski definition) is 2. The molecule has 106 valence electrons. The van der Waals surface area contributed by atoms with Gasteiger partial charge in [0.2, 0.25) is 0 Å². The molecule has 3 N–H and O–H groups in total. The van der Waals surface area contributed by atoms with E-state index in [1.54, 1.807) is 6.92 Å². The van der Waals surface area contributed by atoms with Gasteiger partial charge >= 0.3 is 5.97 Å². The maximum absolute atomic E-state index is 12.1. The molecule has 1 amide bonds. The van der Waals surface area contributed by atoms with Gasteiger partial charge in [-0.15, -0.1) is 0 Å². The van der Waals surface area contributed by atoms with Crippen molar-refractivity contribution in [3.63, 3.8) is 0 Å². The van der Waals surface area contributed by atoms with Crippen LogP contribution in [0, 0.1) is 0 Å². The van der Waals surface area contributed by atoms with E-state index >= 15 is 0 Å². The molecule has 0 atom stereocenters. The molecule has 0 aliphatic carbocycles. The number of H-pyrrole nitrogens is 1. The number of aromatic nitrogens is 2. The number of carbonyl (C=O) groups excluding carboxylic acids is 2. The number of hydrogen-bond acceptors (Lipinski definition) is 5. The number of nitrogens with one attached hydrogen (secondary N) is 1. The number of nitrogen functional groups attached to an aromatic ring is 1. The lowest BCUT2D eigenvalue weighted by Gasteiger charge is -2.15. The molecule has 0 aromatic carbocycles. The van der Waals surface area contributed by atoms with Gasteiger partial charge in [0.25, 0.3) is 5.91 Å². The van der Waals surface area contributed by atoms with Crippen LogP contribution in [-0.2, 0) is 9.53 Å². The number of rotatable bonds is 5. The number of nitrogens with zero attached hydrogens (tertiary/aromatic N) is 2. The molecule has 19 heavy (non-hydrogen) atoms. The topological polar surface area (TPSA) is 101 Å². The van der Waals surface area contributed by atoms with Crippen molar-refractivity contribution in [3.8, 4) is 0 Å². The summed E-state index contributed by atoms with van der Waals surface area (Å²) in [5.41, 5.74) is 7.05. The third kappa shape index (κ3) is 3.46. The van der Waals surface area contributed by atoms with Crippen LogP contribution in [0.15, 0.2) is 0 Å². The molecule has 1 aromatic heterocycles. The third-order valence-corrected chi connectivity index (χ3v) is 2.63. The Morgan fingerprint density at radius 2 is 2.11 bits per heavy atom. The predicted molar refractivity (Wildman–Crippen MR) is 70.7 cm³/mol. The second-order valence-electron chi connectivity index (χ2n) is 4.52. The minimum atomic E-state index is -0.462. The fourth-order valence-corrected chi connectivity index (χ4v) is 1.62. The van der Waals surface area contributed by atoms with Gasteiger partial charge in [-0.25, -0.2) is 0 Å². The lowest BCUT2D eigenvalue weighted by atomic mass is 10.1. The van der Waals surface area contributed by atoms with E-state index in [9.17, 15) is 9.59 Å². The normalized spacial score (nSPS) is 10.6. The molecule has 0 aliphatic heterocycles. The van der Waals surface area contributed by atoms with Gasteiger partial charge in [0.1, 0.15) is 6.54 Å². The summed E-state index contributed by atoms with van der Waals surface area (Å²) in [6.45, 7) is 5.75. The van der Waals surface area contributed by atoms with Crippen molar-refractivity contribution in [2.24, 2.45) is 0 Å². The lowest BCUT2D eigenvalue weighted by Crippen LogP contribution is -2.33. The van der Waals surface area contributed by atoms with Gasteiger partial charge in [0.05, 0.1) is 18.0 Å². The second kappa shape index (κ2) is 6.21. The van der Waals surface area contributed by atoms with Crippen LogP contribution >= 0.6 is 0 Å². The lowest BCUT2D eigenvalue weighted by molar-refractivity contribution is -0.143. The van der Waals surface area contributed by atoms with Gasteiger partial charge in [0.15, 0.2) is 5.69 Å². The van der Waals surface area contributed by atoms with Gasteiger partial charge < -0.3 is 15.4 Å². The molecule has 0 aliphatic rings. The number of ether oxygens (including phenoxy) is 1. The average Bonchev–Trinajstić information content (AvgIpc) is 2.70. The summed E-state index contributed by atoms with van der Waals surface area (Å²) in [6, 6.07) is 0. The summed E-state index contributed by atoms with van der Waals surface area (Å²) in [6.07, 6.45) is 0. The van der Waals surface area contributed by atoms with Crippen LogP contribution < -0.4 is 5.73 Å². The quantitative estimate of drug-likeness (QED) is 0.767. The third-order valence-electron chi connectivity index (χ3n) is 2.63. The number of amides is 1. The zero-order valence-corrected chi connectivity index (χ0v) is 11.7. The minimum absolute atomic E-state index is 0.129. The predicted octanol–water partition coefficient (Wildman–Crippen LogP) is 0.750. The van der Waals surface area contributed by atoms with Gasteiger partial charge in [-0.1, -0.05) is 13.8 Å². The highest BCUT2D eigenvalue weighted by Crippen LogP contribution is 2.22. The smallest absolute Gasteiger partial charge is 0.325 e. The molecule has 1 aromatic rings. The Morgan fingerprint density at radius 1 is 1.47 bits per heavy atom. The van der Waals surface area contributed by atoms with E-state index in [0.717, 1.165) is 0 Å². The fraction of sp³-hybridized carbons (Fsp3) is 0.583. The van der Waals surface area contributed by atoms with Crippen LogP contribution in [0.3, 0.4) is 0 Å². The molecule has 1 heterocycles. The summed E-state index contributed by atoms with van der Waals surface area (Å²) in [5.74, 6) is -0.727. The standard InChI is InChI=1S/C12H20N4O3/c1-5-19-8(17)6-16(4)12(18)11-9(13)10(7(2)3)14-15-11/h7H,5-6,13H2,1-4H3,(H,14,15). The first-order chi connectivity index (χ1) is 8.88. The molecule has 7 heteroatoms.